The van der Waals surface area contributed by atoms with E-state index in [1.54, 1.807) is 73.8 Å². The van der Waals surface area contributed by atoms with Crippen LogP contribution >= 0.6 is 0 Å². The van der Waals surface area contributed by atoms with E-state index in [1.807, 2.05) is 13.8 Å². The van der Waals surface area contributed by atoms with Crippen molar-refractivity contribution in [1.29, 1.82) is 0 Å². The highest BCUT2D eigenvalue weighted by atomic mass is 16.5. The van der Waals surface area contributed by atoms with Crippen LogP contribution in [-0.4, -0.2) is 44.2 Å². The van der Waals surface area contributed by atoms with Gasteiger partial charge in [0.05, 0.1) is 44.6 Å². The fraction of sp³-hybridized carbons (Fsp3) is 0.241. The van der Waals surface area contributed by atoms with Crippen LogP contribution < -0.4 is 23.8 Å². The number of Topliss-reactive ketones (excluding diaryl/α,β-unsaturated/α-hetero) is 1. The number of nitrogens with zero attached hydrogens (tertiary/aromatic N) is 1. The fourth-order valence-corrected chi connectivity index (χ4v) is 4.30. The summed E-state index contributed by atoms with van der Waals surface area (Å²) in [5.41, 5.74) is 1.32. The summed E-state index contributed by atoms with van der Waals surface area (Å²) in [6.07, 6.45) is -0.0154. The average Bonchev–Trinajstić information content (AvgIpc) is 3.18. The maximum atomic E-state index is 13.4. The van der Waals surface area contributed by atoms with Crippen molar-refractivity contribution < 1.29 is 33.6 Å². The Morgan fingerprint density at radius 3 is 1.97 bits per heavy atom. The number of ether oxygens (including phenoxy) is 4. The first-order chi connectivity index (χ1) is 17.8. The number of rotatable bonds is 8. The van der Waals surface area contributed by atoms with Crippen LogP contribution in [0.15, 0.2) is 72.3 Å². The molecule has 0 aliphatic carbocycles. The zero-order valence-corrected chi connectivity index (χ0v) is 21.3. The number of methoxy groups -OCH3 is 3. The molecule has 37 heavy (non-hydrogen) atoms. The van der Waals surface area contributed by atoms with E-state index >= 15 is 0 Å². The summed E-state index contributed by atoms with van der Waals surface area (Å²) in [6, 6.07) is 17.9. The number of amides is 1. The van der Waals surface area contributed by atoms with Gasteiger partial charge in [-0.2, -0.15) is 0 Å². The molecular formula is C29H29NO7. The van der Waals surface area contributed by atoms with Crippen LogP contribution in [0.1, 0.15) is 31.0 Å². The summed E-state index contributed by atoms with van der Waals surface area (Å²) in [7, 11) is 4.51. The number of aliphatic hydroxyl groups excluding tert-OH is 1. The third-order valence-corrected chi connectivity index (χ3v) is 6.03. The number of anilines is 1. The van der Waals surface area contributed by atoms with Crippen LogP contribution in [0.2, 0.25) is 0 Å². The predicted octanol–water partition coefficient (Wildman–Crippen LogP) is 5.13. The van der Waals surface area contributed by atoms with E-state index in [0.29, 0.717) is 34.2 Å². The van der Waals surface area contributed by atoms with Gasteiger partial charge in [-0.1, -0.05) is 12.1 Å². The summed E-state index contributed by atoms with van der Waals surface area (Å²) >= 11 is 0. The Hall–Kier alpha value is -4.46. The number of carbonyl (C=O) groups excluding carboxylic acids is 2. The molecule has 3 aromatic rings. The minimum Gasteiger partial charge on any atom is -0.507 e. The lowest BCUT2D eigenvalue weighted by Crippen LogP contribution is -2.29. The predicted molar refractivity (Wildman–Crippen MR) is 140 cm³/mol. The van der Waals surface area contributed by atoms with E-state index in [1.165, 1.54) is 19.1 Å². The normalized spacial score (nSPS) is 16.7. The molecule has 8 nitrogen and oxygen atoms in total. The number of carbonyl (C=O) groups is 2. The molecule has 1 unspecified atom stereocenters. The van der Waals surface area contributed by atoms with E-state index in [-0.39, 0.29) is 23.0 Å². The molecule has 1 aliphatic heterocycles. The van der Waals surface area contributed by atoms with Gasteiger partial charge in [0, 0.05) is 11.8 Å². The van der Waals surface area contributed by atoms with Gasteiger partial charge < -0.3 is 24.1 Å². The van der Waals surface area contributed by atoms with Crippen molar-refractivity contribution in [3.05, 3.63) is 83.4 Å². The molecule has 1 amide bonds. The molecular weight excluding hydrogens is 474 g/mol. The number of hydrogen-bond donors (Lipinski definition) is 1. The average molecular weight is 504 g/mol. The van der Waals surface area contributed by atoms with Gasteiger partial charge in [0.1, 0.15) is 28.8 Å². The first-order valence-electron chi connectivity index (χ1n) is 11.7. The Balaban J connectivity index is 1.90. The molecule has 1 atom stereocenters. The van der Waals surface area contributed by atoms with Crippen LogP contribution in [0.4, 0.5) is 5.69 Å². The van der Waals surface area contributed by atoms with Gasteiger partial charge in [-0.3, -0.25) is 14.5 Å². The van der Waals surface area contributed by atoms with Gasteiger partial charge in [-0.15, -0.1) is 0 Å². The number of aliphatic hydroxyl groups is 1. The molecule has 1 aliphatic rings. The smallest absolute Gasteiger partial charge is 0.300 e. The van der Waals surface area contributed by atoms with Crippen molar-refractivity contribution in [2.45, 2.75) is 26.0 Å². The molecule has 1 N–H and O–H groups in total. The second-order valence-corrected chi connectivity index (χ2v) is 8.67. The van der Waals surface area contributed by atoms with Crippen molar-refractivity contribution in [3.8, 4) is 23.0 Å². The second kappa shape index (κ2) is 10.7. The maximum absolute atomic E-state index is 13.4. The maximum Gasteiger partial charge on any atom is 0.300 e. The Morgan fingerprint density at radius 1 is 0.811 bits per heavy atom. The lowest BCUT2D eigenvalue weighted by atomic mass is 9.94. The third-order valence-electron chi connectivity index (χ3n) is 6.03. The van der Waals surface area contributed by atoms with Crippen molar-refractivity contribution in [2.75, 3.05) is 26.2 Å². The van der Waals surface area contributed by atoms with E-state index in [2.05, 4.69) is 0 Å². The molecule has 8 heteroatoms. The Morgan fingerprint density at radius 2 is 1.41 bits per heavy atom. The van der Waals surface area contributed by atoms with Crippen LogP contribution in [0, 0.1) is 0 Å². The van der Waals surface area contributed by atoms with Crippen molar-refractivity contribution >= 4 is 23.1 Å². The van der Waals surface area contributed by atoms with Gasteiger partial charge in [0.25, 0.3) is 11.7 Å². The SMILES string of the molecule is COc1ccc(N2C(=O)C(=O)/C(=C(\O)c3ccc(OC)cc3OC)C2c2ccc(OC(C)C)cc2)cc1. The molecule has 0 bridgehead atoms. The summed E-state index contributed by atoms with van der Waals surface area (Å²) in [6.45, 7) is 3.85. The highest BCUT2D eigenvalue weighted by Gasteiger charge is 2.47. The summed E-state index contributed by atoms with van der Waals surface area (Å²) in [5, 5.41) is 11.5. The summed E-state index contributed by atoms with van der Waals surface area (Å²) < 4.78 is 21.7. The van der Waals surface area contributed by atoms with Gasteiger partial charge in [0.15, 0.2) is 0 Å². The first kappa shape index (κ1) is 25.6. The highest BCUT2D eigenvalue weighted by Crippen LogP contribution is 2.44. The molecule has 0 saturated carbocycles. The monoisotopic (exact) mass is 503 g/mol. The third kappa shape index (κ3) is 4.95. The van der Waals surface area contributed by atoms with Crippen molar-refractivity contribution in [3.63, 3.8) is 0 Å². The van der Waals surface area contributed by atoms with E-state index < -0.39 is 17.7 Å². The van der Waals surface area contributed by atoms with E-state index in [9.17, 15) is 14.7 Å². The number of hydrogen-bond acceptors (Lipinski definition) is 7. The first-order valence-corrected chi connectivity index (χ1v) is 11.7. The molecule has 3 aromatic carbocycles. The standard InChI is InChI=1S/C29H29NO7/c1-17(2)37-21-10-6-18(7-11-21)26-25(27(31)23-15-14-22(35-4)16-24(23)36-5)28(32)29(33)30(26)19-8-12-20(34-3)13-9-19/h6-17,26,31H,1-5H3/b27-25-. The van der Waals surface area contributed by atoms with Gasteiger partial charge >= 0.3 is 0 Å². The van der Waals surface area contributed by atoms with Crippen LogP contribution in [0.5, 0.6) is 23.0 Å². The topological polar surface area (TPSA) is 94.5 Å². The lowest BCUT2D eigenvalue weighted by molar-refractivity contribution is -0.132. The molecule has 4 rings (SSSR count). The second-order valence-electron chi connectivity index (χ2n) is 8.67. The molecule has 0 aromatic heterocycles. The Bertz CT molecular complexity index is 1330. The van der Waals surface area contributed by atoms with E-state index in [4.69, 9.17) is 18.9 Å². The number of benzene rings is 3. The molecule has 0 spiro atoms. The van der Waals surface area contributed by atoms with Crippen LogP contribution in [0.25, 0.3) is 5.76 Å². The lowest BCUT2D eigenvalue weighted by Gasteiger charge is -2.26. The zero-order valence-electron chi connectivity index (χ0n) is 21.3. The molecule has 1 saturated heterocycles. The van der Waals surface area contributed by atoms with E-state index in [0.717, 1.165) is 0 Å². The molecule has 1 fully saturated rings. The summed E-state index contributed by atoms with van der Waals surface area (Å²) in [5.74, 6) is 0.162. The van der Waals surface area contributed by atoms with Crippen molar-refractivity contribution in [1.82, 2.24) is 0 Å². The van der Waals surface area contributed by atoms with Gasteiger partial charge in [0.2, 0.25) is 0 Å². The van der Waals surface area contributed by atoms with Gasteiger partial charge in [-0.25, -0.2) is 0 Å². The van der Waals surface area contributed by atoms with Crippen molar-refractivity contribution in [2.24, 2.45) is 0 Å². The molecule has 192 valence electrons. The molecule has 1 heterocycles. The Kier molecular flexibility index (Phi) is 7.38. The quantitative estimate of drug-likeness (QED) is 0.259. The fourth-order valence-electron chi connectivity index (χ4n) is 4.30. The minimum atomic E-state index is -0.895. The van der Waals surface area contributed by atoms with Crippen LogP contribution in [0.3, 0.4) is 0 Å². The number of ketones is 1. The largest absolute Gasteiger partial charge is 0.507 e. The molecule has 0 radical (unpaired) electrons. The Labute approximate surface area is 215 Å². The minimum absolute atomic E-state index is 0.0154. The van der Waals surface area contributed by atoms with Gasteiger partial charge in [-0.05, 0) is 67.9 Å². The van der Waals surface area contributed by atoms with Crippen LogP contribution in [-0.2, 0) is 9.59 Å². The zero-order chi connectivity index (χ0) is 26.7. The summed E-state index contributed by atoms with van der Waals surface area (Å²) in [4.78, 5) is 28.2. The highest BCUT2D eigenvalue weighted by molar-refractivity contribution is 6.51.